The summed E-state index contributed by atoms with van der Waals surface area (Å²) in [7, 11) is 0. The highest BCUT2D eigenvalue weighted by Gasteiger charge is 2.27. The fraction of sp³-hybridized carbons (Fsp3) is 0.263. The second-order valence-electron chi connectivity index (χ2n) is 6.20. The molecule has 0 aromatic heterocycles. The third-order valence-corrected chi connectivity index (χ3v) is 4.14. The summed E-state index contributed by atoms with van der Waals surface area (Å²) >= 11 is 0. The first-order valence-electron chi connectivity index (χ1n) is 7.96. The van der Waals surface area contributed by atoms with E-state index in [1.165, 1.54) is 18.2 Å². The number of benzene rings is 2. The highest BCUT2D eigenvalue weighted by atomic mass is 19.1. The van der Waals surface area contributed by atoms with Crippen molar-refractivity contribution in [3.8, 4) is 0 Å². The van der Waals surface area contributed by atoms with Crippen molar-refractivity contribution in [2.75, 3.05) is 6.54 Å². The molecule has 0 saturated heterocycles. The number of carbonyl (C=O) groups is 2. The minimum atomic E-state index is -0.558. The van der Waals surface area contributed by atoms with E-state index in [1.54, 1.807) is 35.2 Å². The molecule has 24 heavy (non-hydrogen) atoms. The van der Waals surface area contributed by atoms with Gasteiger partial charge in [0, 0.05) is 24.2 Å². The predicted molar refractivity (Wildman–Crippen MR) is 88.8 cm³/mol. The van der Waals surface area contributed by atoms with Gasteiger partial charge >= 0.3 is 0 Å². The van der Waals surface area contributed by atoms with Gasteiger partial charge in [0.05, 0.1) is 0 Å². The van der Waals surface area contributed by atoms with Gasteiger partial charge < -0.3 is 10.6 Å². The van der Waals surface area contributed by atoms with Crippen LogP contribution < -0.4 is 5.73 Å². The normalized spacial score (nSPS) is 13.5. The summed E-state index contributed by atoms with van der Waals surface area (Å²) in [6.07, 6.45) is 2.24. The van der Waals surface area contributed by atoms with Gasteiger partial charge in [-0.2, -0.15) is 0 Å². The lowest BCUT2D eigenvalue weighted by Crippen LogP contribution is -2.32. The van der Waals surface area contributed by atoms with Gasteiger partial charge in [-0.25, -0.2) is 4.39 Å². The van der Waals surface area contributed by atoms with Crippen molar-refractivity contribution in [2.24, 2.45) is 11.7 Å². The first kappa shape index (κ1) is 16.2. The van der Waals surface area contributed by atoms with Crippen molar-refractivity contribution in [3.63, 3.8) is 0 Å². The summed E-state index contributed by atoms with van der Waals surface area (Å²) in [4.78, 5) is 25.9. The number of primary amides is 1. The largest absolute Gasteiger partial charge is 0.366 e. The maximum Gasteiger partial charge on any atom is 0.254 e. The lowest BCUT2D eigenvalue weighted by molar-refractivity contribution is 0.0735. The van der Waals surface area contributed by atoms with Crippen molar-refractivity contribution in [2.45, 2.75) is 19.4 Å². The van der Waals surface area contributed by atoms with Gasteiger partial charge in [-0.3, -0.25) is 9.59 Å². The van der Waals surface area contributed by atoms with E-state index in [-0.39, 0.29) is 11.7 Å². The minimum Gasteiger partial charge on any atom is -0.366 e. The number of carbonyl (C=O) groups excluding carboxylic acids is 2. The molecule has 0 unspecified atom stereocenters. The monoisotopic (exact) mass is 326 g/mol. The van der Waals surface area contributed by atoms with Crippen molar-refractivity contribution in [3.05, 3.63) is 71.0 Å². The first-order chi connectivity index (χ1) is 11.5. The van der Waals surface area contributed by atoms with Crippen molar-refractivity contribution in [1.29, 1.82) is 0 Å². The van der Waals surface area contributed by atoms with Gasteiger partial charge in [0.1, 0.15) is 5.82 Å². The summed E-state index contributed by atoms with van der Waals surface area (Å²) in [5.41, 5.74) is 6.91. The topological polar surface area (TPSA) is 63.4 Å². The van der Waals surface area contributed by atoms with Gasteiger partial charge in [0.25, 0.3) is 5.91 Å². The number of hydrogen-bond donors (Lipinski definition) is 1. The molecule has 2 N–H and O–H groups in total. The van der Waals surface area contributed by atoms with E-state index in [9.17, 15) is 14.0 Å². The zero-order chi connectivity index (χ0) is 17.1. The van der Waals surface area contributed by atoms with Crippen LogP contribution >= 0.6 is 0 Å². The van der Waals surface area contributed by atoms with Crippen LogP contribution in [-0.2, 0) is 6.54 Å². The highest BCUT2D eigenvalue weighted by Crippen LogP contribution is 2.30. The second kappa shape index (κ2) is 6.83. The molecule has 1 fully saturated rings. The smallest absolute Gasteiger partial charge is 0.254 e. The second-order valence-corrected chi connectivity index (χ2v) is 6.20. The van der Waals surface area contributed by atoms with Gasteiger partial charge in [-0.05, 0) is 54.7 Å². The van der Waals surface area contributed by atoms with E-state index in [1.807, 2.05) is 0 Å². The van der Waals surface area contributed by atoms with E-state index in [2.05, 4.69) is 0 Å². The number of rotatable bonds is 6. The third kappa shape index (κ3) is 3.98. The summed E-state index contributed by atoms with van der Waals surface area (Å²) < 4.78 is 13.1. The van der Waals surface area contributed by atoms with Crippen LogP contribution in [0.25, 0.3) is 0 Å². The molecule has 4 nitrogen and oxygen atoms in total. The van der Waals surface area contributed by atoms with E-state index in [0.717, 1.165) is 18.4 Å². The number of hydrogen-bond acceptors (Lipinski definition) is 2. The molecule has 0 spiro atoms. The Morgan fingerprint density at radius 3 is 2.38 bits per heavy atom. The fourth-order valence-corrected chi connectivity index (χ4v) is 2.63. The van der Waals surface area contributed by atoms with Gasteiger partial charge in [0.2, 0.25) is 5.91 Å². The molecule has 0 atom stereocenters. The average molecular weight is 326 g/mol. The molecule has 2 amide bonds. The van der Waals surface area contributed by atoms with Gasteiger partial charge in [0.15, 0.2) is 0 Å². The van der Waals surface area contributed by atoms with E-state index >= 15 is 0 Å². The van der Waals surface area contributed by atoms with E-state index in [0.29, 0.717) is 30.1 Å². The average Bonchev–Trinajstić information content (AvgIpc) is 3.40. The Labute approximate surface area is 140 Å². The van der Waals surface area contributed by atoms with Crippen LogP contribution in [0.3, 0.4) is 0 Å². The molecule has 5 heteroatoms. The Hall–Kier alpha value is -2.69. The molecular weight excluding hydrogens is 307 g/mol. The Balaban J connectivity index is 1.81. The number of amides is 2. The molecular formula is C19H19FN2O2. The van der Waals surface area contributed by atoms with Crippen LogP contribution in [0.1, 0.15) is 39.1 Å². The summed E-state index contributed by atoms with van der Waals surface area (Å²) in [5.74, 6) is -0.479. The minimum absolute atomic E-state index is 0.144. The van der Waals surface area contributed by atoms with Crippen molar-refractivity contribution >= 4 is 11.8 Å². The Morgan fingerprint density at radius 2 is 1.75 bits per heavy atom. The standard InChI is InChI=1S/C19H19FN2O2/c20-17-8-6-14(7-9-17)12-22(11-13-4-5-13)19(24)16-3-1-2-15(10-16)18(21)23/h1-3,6-10,13H,4-5,11-12H2,(H2,21,23). The molecule has 3 rings (SSSR count). The molecule has 2 aromatic rings. The van der Waals surface area contributed by atoms with Crippen LogP contribution in [-0.4, -0.2) is 23.3 Å². The van der Waals surface area contributed by atoms with Crippen LogP contribution in [0.2, 0.25) is 0 Å². The van der Waals surface area contributed by atoms with E-state index in [4.69, 9.17) is 5.73 Å². The molecule has 124 valence electrons. The number of nitrogens with zero attached hydrogens (tertiary/aromatic N) is 1. The molecule has 0 bridgehead atoms. The van der Waals surface area contributed by atoms with Crippen LogP contribution in [0, 0.1) is 11.7 Å². The Kier molecular flexibility index (Phi) is 4.60. The van der Waals surface area contributed by atoms with Crippen LogP contribution in [0.5, 0.6) is 0 Å². The zero-order valence-corrected chi connectivity index (χ0v) is 13.2. The molecule has 0 aliphatic heterocycles. The fourth-order valence-electron chi connectivity index (χ4n) is 2.63. The number of nitrogens with two attached hydrogens (primary N) is 1. The molecule has 0 radical (unpaired) electrons. The van der Waals surface area contributed by atoms with E-state index < -0.39 is 5.91 Å². The quantitative estimate of drug-likeness (QED) is 0.887. The molecule has 1 aliphatic carbocycles. The molecule has 1 saturated carbocycles. The van der Waals surface area contributed by atoms with Crippen LogP contribution in [0.4, 0.5) is 4.39 Å². The van der Waals surface area contributed by atoms with Crippen molar-refractivity contribution < 1.29 is 14.0 Å². The summed E-state index contributed by atoms with van der Waals surface area (Å²) in [6.45, 7) is 1.08. The Bertz CT molecular complexity index is 754. The zero-order valence-electron chi connectivity index (χ0n) is 13.2. The van der Waals surface area contributed by atoms with Gasteiger partial charge in [-0.1, -0.05) is 18.2 Å². The summed E-state index contributed by atoms with van der Waals surface area (Å²) in [6, 6.07) is 12.6. The van der Waals surface area contributed by atoms with Crippen LogP contribution in [0.15, 0.2) is 48.5 Å². The van der Waals surface area contributed by atoms with Crippen molar-refractivity contribution in [1.82, 2.24) is 4.90 Å². The van der Waals surface area contributed by atoms with Gasteiger partial charge in [-0.15, -0.1) is 0 Å². The maximum atomic E-state index is 13.1. The lowest BCUT2D eigenvalue weighted by Gasteiger charge is -2.23. The molecule has 0 heterocycles. The molecule has 1 aliphatic rings. The first-order valence-corrected chi connectivity index (χ1v) is 7.96. The maximum absolute atomic E-state index is 13.1. The SMILES string of the molecule is NC(=O)c1cccc(C(=O)N(Cc2ccc(F)cc2)CC2CC2)c1. The lowest BCUT2D eigenvalue weighted by atomic mass is 10.1. The highest BCUT2D eigenvalue weighted by molar-refractivity contribution is 5.99. The Morgan fingerprint density at radius 1 is 1.08 bits per heavy atom. The third-order valence-electron chi connectivity index (χ3n) is 4.14. The number of halogens is 1. The predicted octanol–water partition coefficient (Wildman–Crippen LogP) is 2.98. The summed E-state index contributed by atoms with van der Waals surface area (Å²) in [5, 5.41) is 0. The molecule has 2 aromatic carbocycles.